The van der Waals surface area contributed by atoms with E-state index >= 15 is 0 Å². The van der Waals surface area contributed by atoms with E-state index in [-0.39, 0.29) is 17.3 Å². The van der Waals surface area contributed by atoms with E-state index in [1.807, 2.05) is 72.7 Å². The summed E-state index contributed by atoms with van der Waals surface area (Å²) in [5.41, 5.74) is 8.10. The molecule has 0 aliphatic rings. The largest absolute Gasteiger partial charge is 0.347 e. The topological polar surface area (TPSA) is 55.1 Å². The number of hydrogen-bond donors (Lipinski definition) is 2. The molecule has 0 aromatic heterocycles. The van der Waals surface area contributed by atoms with Crippen LogP contribution in [-0.2, 0) is 12.2 Å². The summed E-state index contributed by atoms with van der Waals surface area (Å²) in [6, 6.07) is 8.94. The highest BCUT2D eigenvalue weighted by Gasteiger charge is 2.16. The van der Waals surface area contributed by atoms with Crippen molar-refractivity contribution in [2.75, 3.05) is 6.54 Å². The van der Waals surface area contributed by atoms with E-state index in [2.05, 4.69) is 12.2 Å². The van der Waals surface area contributed by atoms with Crippen molar-refractivity contribution in [3.8, 4) is 0 Å². The molecular weight excluding hydrogens is 443 g/mol. The number of rotatable bonds is 6. The molecule has 32 heavy (non-hydrogen) atoms. The van der Waals surface area contributed by atoms with Gasteiger partial charge < -0.3 is 11.1 Å². The number of amides is 1. The van der Waals surface area contributed by atoms with Crippen LogP contribution >= 0.6 is 23.4 Å². The first-order chi connectivity index (χ1) is 15.0. The molecule has 0 unspecified atom stereocenters. The Hall–Kier alpha value is -1.56. The molecule has 0 aliphatic heterocycles. The summed E-state index contributed by atoms with van der Waals surface area (Å²) in [6.07, 6.45) is 1.74. The van der Waals surface area contributed by atoms with Gasteiger partial charge in [0.2, 0.25) is 0 Å². The van der Waals surface area contributed by atoms with Gasteiger partial charge in [-0.15, -0.1) is 11.8 Å². The second-order valence-corrected chi connectivity index (χ2v) is 9.50. The maximum absolute atomic E-state index is 14.0. The van der Waals surface area contributed by atoms with Gasteiger partial charge >= 0.3 is 0 Å². The van der Waals surface area contributed by atoms with Crippen molar-refractivity contribution < 1.29 is 9.18 Å². The van der Waals surface area contributed by atoms with Crippen LogP contribution in [0.1, 0.15) is 81.9 Å². The second-order valence-electron chi connectivity index (χ2n) is 8.10. The quantitative estimate of drug-likeness (QED) is 0.418. The maximum Gasteiger partial charge on any atom is 0.251 e. The Labute approximate surface area is 203 Å². The zero-order valence-electron chi connectivity index (χ0n) is 20.9. The maximum atomic E-state index is 14.0. The predicted molar refractivity (Wildman–Crippen MR) is 139 cm³/mol. The molecule has 2 rings (SSSR count). The van der Waals surface area contributed by atoms with Crippen molar-refractivity contribution in [1.29, 1.82) is 0 Å². The molecule has 180 valence electrons. The summed E-state index contributed by atoms with van der Waals surface area (Å²) >= 11 is 7.83. The number of nitrogens with two attached hydrogens (primary N) is 1. The summed E-state index contributed by atoms with van der Waals surface area (Å²) in [5.74, 6) is 0.381. The molecule has 0 bridgehead atoms. The van der Waals surface area contributed by atoms with Gasteiger partial charge in [0.25, 0.3) is 5.91 Å². The molecule has 0 atom stereocenters. The van der Waals surface area contributed by atoms with Crippen molar-refractivity contribution in [3.63, 3.8) is 0 Å². The van der Waals surface area contributed by atoms with E-state index < -0.39 is 0 Å². The van der Waals surface area contributed by atoms with Gasteiger partial charge in [0.1, 0.15) is 5.82 Å². The first-order valence-electron chi connectivity index (χ1n) is 11.3. The third kappa shape index (κ3) is 10.4. The van der Waals surface area contributed by atoms with Gasteiger partial charge in [0.15, 0.2) is 0 Å². The number of benzene rings is 2. The Bertz CT molecular complexity index is 831. The van der Waals surface area contributed by atoms with Gasteiger partial charge in [0, 0.05) is 21.8 Å². The highest BCUT2D eigenvalue weighted by atomic mass is 35.5. The van der Waals surface area contributed by atoms with Crippen LogP contribution in [0.2, 0.25) is 5.02 Å². The third-order valence-electron chi connectivity index (χ3n) is 4.28. The molecule has 0 fully saturated rings. The number of hydrogen-bond acceptors (Lipinski definition) is 3. The van der Waals surface area contributed by atoms with Gasteiger partial charge in [-0.3, -0.25) is 4.79 Å². The minimum atomic E-state index is -0.264. The van der Waals surface area contributed by atoms with Crippen LogP contribution in [0.25, 0.3) is 0 Å². The minimum absolute atomic E-state index is 0.0817. The van der Waals surface area contributed by atoms with Gasteiger partial charge in [-0.05, 0) is 82.0 Å². The van der Waals surface area contributed by atoms with Crippen LogP contribution in [0.15, 0.2) is 35.2 Å². The van der Waals surface area contributed by atoms with Gasteiger partial charge in [-0.25, -0.2) is 4.39 Å². The van der Waals surface area contributed by atoms with E-state index in [1.165, 1.54) is 6.07 Å². The second kappa shape index (κ2) is 15.3. The Kier molecular flexibility index (Phi) is 14.6. The fourth-order valence-electron chi connectivity index (χ4n) is 2.69. The fourth-order valence-corrected chi connectivity index (χ4v) is 4.13. The summed E-state index contributed by atoms with van der Waals surface area (Å²) < 4.78 is 14.0. The molecular formula is C26H40ClFN2OS. The third-order valence-corrected chi connectivity index (χ3v) is 5.98. The first-order valence-corrected chi connectivity index (χ1v) is 12.6. The number of nitrogens with one attached hydrogen (secondary N) is 1. The van der Waals surface area contributed by atoms with E-state index in [0.717, 1.165) is 29.0 Å². The highest BCUT2D eigenvalue weighted by molar-refractivity contribution is 7.98. The Morgan fingerprint density at radius 1 is 1.16 bits per heavy atom. The zero-order chi connectivity index (χ0) is 24.9. The average molecular weight is 483 g/mol. The van der Waals surface area contributed by atoms with Crippen molar-refractivity contribution in [2.24, 2.45) is 5.73 Å². The number of thioether (sulfide) groups is 1. The molecule has 2 aromatic rings. The molecule has 0 saturated carbocycles. The zero-order valence-corrected chi connectivity index (χ0v) is 22.4. The number of halogens is 2. The number of carbonyl (C=O) groups is 1. The predicted octanol–water partition coefficient (Wildman–Crippen LogP) is 7.55. The van der Waals surface area contributed by atoms with Crippen LogP contribution in [0.3, 0.4) is 0 Å². The normalized spacial score (nSPS) is 10.5. The Balaban J connectivity index is 0.00000144. The monoisotopic (exact) mass is 482 g/mol. The van der Waals surface area contributed by atoms with Gasteiger partial charge in [-0.1, -0.05) is 51.4 Å². The lowest BCUT2D eigenvalue weighted by Crippen LogP contribution is -2.40. The summed E-state index contributed by atoms with van der Waals surface area (Å²) in [4.78, 5) is 13.1. The molecule has 0 spiro atoms. The van der Waals surface area contributed by atoms with Crippen LogP contribution in [0.4, 0.5) is 4.39 Å². The minimum Gasteiger partial charge on any atom is -0.347 e. The molecule has 0 saturated heterocycles. The lowest BCUT2D eigenvalue weighted by atomic mass is 10.1. The highest BCUT2D eigenvalue weighted by Crippen LogP contribution is 2.36. The lowest BCUT2D eigenvalue weighted by molar-refractivity contribution is 0.0919. The van der Waals surface area contributed by atoms with Crippen molar-refractivity contribution in [1.82, 2.24) is 5.32 Å². The van der Waals surface area contributed by atoms with Crippen LogP contribution < -0.4 is 11.1 Å². The molecule has 6 heteroatoms. The van der Waals surface area contributed by atoms with Gasteiger partial charge in [0.05, 0.1) is 5.02 Å². The van der Waals surface area contributed by atoms with Crippen LogP contribution in [-0.4, -0.2) is 18.0 Å². The van der Waals surface area contributed by atoms with Crippen molar-refractivity contribution in [3.05, 3.63) is 63.4 Å². The molecule has 0 radical (unpaired) electrons. The Morgan fingerprint density at radius 3 is 2.12 bits per heavy atom. The Morgan fingerprint density at radius 2 is 1.69 bits per heavy atom. The standard InChI is InChI=1S/C21H25ClFNOS.C3H9N.C2H6/c1-6-16-13(2)19(17(22)11-18(16)23)26-12-14-7-9-15(10-8-14)20(25)24-21(3,4)5;1-2-3-4;1-2/h7-11H,6,12H2,1-5H3,(H,24,25);2-4H2,1H3;1-2H3. The molecule has 2 aromatic carbocycles. The lowest BCUT2D eigenvalue weighted by Gasteiger charge is -2.20. The van der Waals surface area contributed by atoms with Crippen LogP contribution in [0, 0.1) is 12.7 Å². The number of carbonyl (C=O) groups excluding carboxylic acids is 1. The summed E-state index contributed by atoms with van der Waals surface area (Å²) in [5, 5.41) is 3.40. The summed E-state index contributed by atoms with van der Waals surface area (Å²) in [7, 11) is 0. The average Bonchev–Trinajstić information content (AvgIpc) is 2.74. The van der Waals surface area contributed by atoms with Gasteiger partial charge in [-0.2, -0.15) is 0 Å². The summed E-state index contributed by atoms with van der Waals surface area (Å²) in [6.45, 7) is 16.6. The van der Waals surface area contributed by atoms with E-state index in [1.54, 1.807) is 11.8 Å². The van der Waals surface area contributed by atoms with Crippen LogP contribution in [0.5, 0.6) is 0 Å². The van der Waals surface area contributed by atoms with Crippen molar-refractivity contribution in [2.45, 2.75) is 84.4 Å². The van der Waals surface area contributed by atoms with E-state index in [9.17, 15) is 9.18 Å². The SMILES string of the molecule is CC.CCCN.CCc1c(F)cc(Cl)c(SCc2ccc(C(=O)NC(C)(C)C)cc2)c1C. The molecule has 0 aliphatic carbocycles. The molecule has 0 heterocycles. The molecule has 3 nitrogen and oxygen atoms in total. The first kappa shape index (κ1) is 30.4. The smallest absolute Gasteiger partial charge is 0.251 e. The molecule has 1 amide bonds. The van der Waals surface area contributed by atoms with Crippen molar-refractivity contribution >= 4 is 29.3 Å². The van der Waals surface area contributed by atoms with E-state index in [4.69, 9.17) is 17.3 Å². The molecule has 3 N–H and O–H groups in total. The van der Waals surface area contributed by atoms with E-state index in [0.29, 0.717) is 28.3 Å². The fraction of sp³-hybridized carbons (Fsp3) is 0.500.